The number of hydrogen-bond acceptors (Lipinski definition) is 7. The summed E-state index contributed by atoms with van der Waals surface area (Å²) in [5.74, 6) is 1.10. The lowest BCUT2D eigenvalue weighted by Crippen LogP contribution is -2.21. The molecule has 2 aromatic heterocycles. The summed E-state index contributed by atoms with van der Waals surface area (Å²) >= 11 is 1.69. The van der Waals surface area contributed by atoms with Gasteiger partial charge in [0.1, 0.15) is 5.82 Å². The van der Waals surface area contributed by atoms with E-state index in [0.29, 0.717) is 17.5 Å². The maximum atomic E-state index is 9.30. The molecule has 7 heteroatoms. The average molecular weight is 367 g/mol. The van der Waals surface area contributed by atoms with Crippen molar-refractivity contribution in [2.24, 2.45) is 0 Å². The molecule has 0 radical (unpaired) electrons. The van der Waals surface area contributed by atoms with Gasteiger partial charge in [-0.3, -0.25) is 4.98 Å². The van der Waals surface area contributed by atoms with Gasteiger partial charge in [0.25, 0.3) is 0 Å². The second kappa shape index (κ2) is 8.64. The van der Waals surface area contributed by atoms with Crippen molar-refractivity contribution < 1.29 is 5.11 Å². The molecule has 0 unspecified atom stereocenters. The molecule has 3 aromatic rings. The molecule has 3 rings (SSSR count). The van der Waals surface area contributed by atoms with Crippen molar-refractivity contribution in [2.45, 2.75) is 17.9 Å². The number of nitrogens with zero attached hydrogens (tertiary/aromatic N) is 3. The Morgan fingerprint density at radius 3 is 2.69 bits per heavy atom. The zero-order chi connectivity index (χ0) is 18.4. The van der Waals surface area contributed by atoms with E-state index in [9.17, 15) is 5.11 Å². The lowest BCUT2D eigenvalue weighted by molar-refractivity contribution is 0.281. The van der Waals surface area contributed by atoms with Crippen LogP contribution in [0.5, 0.6) is 0 Å². The molecule has 1 aromatic carbocycles. The van der Waals surface area contributed by atoms with Gasteiger partial charge in [0.05, 0.1) is 18.0 Å². The van der Waals surface area contributed by atoms with Gasteiger partial charge in [-0.05, 0) is 43.5 Å². The average Bonchev–Trinajstić information content (AvgIpc) is 2.68. The van der Waals surface area contributed by atoms with Crippen molar-refractivity contribution in [3.63, 3.8) is 0 Å². The van der Waals surface area contributed by atoms with Crippen LogP contribution >= 0.6 is 11.8 Å². The molecule has 3 N–H and O–H groups in total. The van der Waals surface area contributed by atoms with Crippen LogP contribution in [0, 0.1) is 0 Å². The van der Waals surface area contributed by atoms with Gasteiger partial charge in [-0.15, -0.1) is 11.8 Å². The van der Waals surface area contributed by atoms with Crippen LogP contribution in [0.4, 0.5) is 17.5 Å². The molecule has 0 bridgehead atoms. The number of benzene rings is 1. The van der Waals surface area contributed by atoms with E-state index in [0.717, 1.165) is 11.4 Å². The van der Waals surface area contributed by atoms with Gasteiger partial charge in [-0.1, -0.05) is 12.1 Å². The van der Waals surface area contributed by atoms with Gasteiger partial charge in [-0.25, -0.2) is 4.98 Å². The number of aliphatic hydroxyl groups is 1. The van der Waals surface area contributed by atoms with Gasteiger partial charge >= 0.3 is 0 Å². The first-order chi connectivity index (χ1) is 12.7. The fourth-order valence-corrected chi connectivity index (χ4v) is 2.80. The summed E-state index contributed by atoms with van der Waals surface area (Å²) in [5.41, 5.74) is 2.41. The number of anilines is 3. The minimum absolute atomic E-state index is 0.00426. The Morgan fingerprint density at radius 1 is 1.08 bits per heavy atom. The molecule has 26 heavy (non-hydrogen) atoms. The predicted molar refractivity (Wildman–Crippen MR) is 107 cm³/mol. The van der Waals surface area contributed by atoms with Crippen molar-refractivity contribution in [3.8, 4) is 11.4 Å². The van der Waals surface area contributed by atoms with Crippen molar-refractivity contribution in [2.75, 3.05) is 23.5 Å². The van der Waals surface area contributed by atoms with Crippen LogP contribution < -0.4 is 10.6 Å². The van der Waals surface area contributed by atoms with Gasteiger partial charge in [0.15, 0.2) is 0 Å². The zero-order valence-corrected chi connectivity index (χ0v) is 15.5. The van der Waals surface area contributed by atoms with Crippen LogP contribution in [0.15, 0.2) is 59.6 Å². The molecule has 0 saturated carbocycles. The quantitative estimate of drug-likeness (QED) is 0.548. The molecule has 2 heterocycles. The monoisotopic (exact) mass is 367 g/mol. The molecule has 0 spiro atoms. The molecule has 134 valence electrons. The molecule has 0 aliphatic rings. The Labute approximate surface area is 157 Å². The van der Waals surface area contributed by atoms with E-state index in [1.165, 1.54) is 4.90 Å². The van der Waals surface area contributed by atoms with E-state index < -0.39 is 0 Å². The lowest BCUT2D eigenvalue weighted by atomic mass is 10.2. The fourth-order valence-electron chi connectivity index (χ4n) is 2.34. The summed E-state index contributed by atoms with van der Waals surface area (Å²) in [6, 6.07) is 15.5. The van der Waals surface area contributed by atoms with Crippen LogP contribution in [0.25, 0.3) is 11.4 Å². The van der Waals surface area contributed by atoms with Gasteiger partial charge in [-0.2, -0.15) is 4.98 Å². The predicted octanol–water partition coefficient (Wildman–Crippen LogP) is 3.80. The largest absolute Gasteiger partial charge is 0.394 e. The normalized spacial score (nSPS) is 11.8. The van der Waals surface area contributed by atoms with Crippen molar-refractivity contribution in [1.29, 1.82) is 0 Å². The van der Waals surface area contributed by atoms with Gasteiger partial charge in [0.2, 0.25) is 5.95 Å². The number of rotatable bonds is 7. The summed E-state index contributed by atoms with van der Waals surface area (Å²) in [6.07, 6.45) is 3.78. The van der Waals surface area contributed by atoms with E-state index in [1.807, 2.05) is 49.6 Å². The second-order valence-electron chi connectivity index (χ2n) is 5.76. The molecule has 0 aliphatic carbocycles. The summed E-state index contributed by atoms with van der Waals surface area (Å²) in [7, 11) is 0. The fraction of sp³-hybridized carbons (Fsp3) is 0.211. The molecule has 0 fully saturated rings. The Kier molecular flexibility index (Phi) is 6.04. The third-order valence-corrected chi connectivity index (χ3v) is 4.37. The van der Waals surface area contributed by atoms with Crippen LogP contribution in [0.2, 0.25) is 0 Å². The van der Waals surface area contributed by atoms with E-state index in [1.54, 1.807) is 18.0 Å². The van der Waals surface area contributed by atoms with E-state index in [4.69, 9.17) is 0 Å². The molecule has 1 atom stereocenters. The van der Waals surface area contributed by atoms with Crippen molar-refractivity contribution in [1.82, 2.24) is 15.0 Å². The van der Waals surface area contributed by atoms with Crippen LogP contribution in [0.1, 0.15) is 6.92 Å². The summed E-state index contributed by atoms with van der Waals surface area (Å²) in [5, 5.41) is 15.7. The Morgan fingerprint density at radius 2 is 1.96 bits per heavy atom. The molecule has 0 saturated heterocycles. The maximum Gasteiger partial charge on any atom is 0.225 e. The highest BCUT2D eigenvalue weighted by Gasteiger charge is 2.10. The Hall–Kier alpha value is -2.64. The summed E-state index contributed by atoms with van der Waals surface area (Å²) < 4.78 is 0. The first-order valence-corrected chi connectivity index (χ1v) is 9.49. The SMILES string of the molecule is CSc1cccc(Nc2cc(-c3ccccn3)nc(N[C@H](C)CO)n2)c1. The molecule has 0 amide bonds. The maximum absolute atomic E-state index is 9.30. The number of thioether (sulfide) groups is 1. The minimum atomic E-state index is -0.151. The van der Waals surface area contributed by atoms with Gasteiger partial charge in [0, 0.05) is 28.9 Å². The zero-order valence-electron chi connectivity index (χ0n) is 14.7. The van der Waals surface area contributed by atoms with E-state index in [-0.39, 0.29) is 12.6 Å². The van der Waals surface area contributed by atoms with Crippen molar-refractivity contribution >= 4 is 29.2 Å². The van der Waals surface area contributed by atoms with Crippen molar-refractivity contribution in [3.05, 3.63) is 54.7 Å². The number of aliphatic hydroxyl groups excluding tert-OH is 1. The van der Waals surface area contributed by atoms with Gasteiger partial charge < -0.3 is 15.7 Å². The topological polar surface area (TPSA) is 83.0 Å². The number of nitrogens with one attached hydrogen (secondary N) is 2. The molecule has 0 aliphatic heterocycles. The van der Waals surface area contributed by atoms with Crippen LogP contribution in [0.3, 0.4) is 0 Å². The summed E-state index contributed by atoms with van der Waals surface area (Å²) in [6.45, 7) is 1.86. The molecule has 6 nitrogen and oxygen atoms in total. The third-order valence-electron chi connectivity index (χ3n) is 3.64. The van der Waals surface area contributed by atoms with E-state index in [2.05, 4.69) is 37.7 Å². The number of pyridine rings is 1. The second-order valence-corrected chi connectivity index (χ2v) is 6.64. The summed E-state index contributed by atoms with van der Waals surface area (Å²) in [4.78, 5) is 14.6. The van der Waals surface area contributed by atoms with Crippen LogP contribution in [-0.2, 0) is 0 Å². The van der Waals surface area contributed by atoms with E-state index >= 15 is 0 Å². The standard InChI is InChI=1S/C19H21N5OS/c1-13(12-25)21-19-23-17(16-8-3-4-9-20-16)11-18(24-19)22-14-6-5-7-15(10-14)26-2/h3-11,13,25H,12H2,1-2H3,(H2,21,22,23,24)/t13-/m1/s1. The number of aromatic nitrogens is 3. The van der Waals surface area contributed by atoms with Crippen LogP contribution in [-0.4, -0.2) is 39.0 Å². The Bertz CT molecular complexity index is 860. The first kappa shape index (κ1) is 18.2. The molecular formula is C19H21N5OS. The minimum Gasteiger partial charge on any atom is -0.394 e. The highest BCUT2D eigenvalue weighted by atomic mass is 32.2. The molecular weight excluding hydrogens is 346 g/mol. The first-order valence-electron chi connectivity index (χ1n) is 8.27. The Balaban J connectivity index is 1.96. The highest BCUT2D eigenvalue weighted by Crippen LogP contribution is 2.25. The smallest absolute Gasteiger partial charge is 0.225 e. The number of hydrogen-bond donors (Lipinski definition) is 3. The lowest BCUT2D eigenvalue weighted by Gasteiger charge is -2.14. The third kappa shape index (κ3) is 4.71. The highest BCUT2D eigenvalue weighted by molar-refractivity contribution is 7.98.